The number of anilines is 1. The normalized spacial score (nSPS) is 11.9. The topological polar surface area (TPSA) is 108 Å². The van der Waals surface area contributed by atoms with Gasteiger partial charge in [0.1, 0.15) is 5.69 Å². The Kier molecular flexibility index (Phi) is 6.01. The molecule has 0 unspecified atom stereocenters. The monoisotopic (exact) mass is 267 g/mol. The lowest BCUT2D eigenvalue weighted by atomic mass is 10.1. The minimum atomic E-state index is -0.0582. The highest BCUT2D eigenvalue weighted by molar-refractivity contribution is 5.95. The number of amidine groups is 1. The Morgan fingerprint density at radius 1 is 1.47 bits per heavy atom. The largest absolute Gasteiger partial charge is 0.409 e. The fraction of sp³-hybridized carbons (Fsp3) is 0.583. The van der Waals surface area contributed by atoms with E-state index in [1.54, 1.807) is 12.3 Å². The van der Waals surface area contributed by atoms with Gasteiger partial charge in [-0.15, -0.1) is 0 Å². The minimum absolute atomic E-state index is 0.0215. The van der Waals surface area contributed by atoms with E-state index >= 15 is 0 Å². The maximum Gasteiger partial charge on any atom is 0.226 e. The zero-order valence-corrected chi connectivity index (χ0v) is 11.3. The number of nitrogens with two attached hydrogens (primary N) is 1. The molecule has 0 aliphatic rings. The second-order valence-electron chi connectivity index (χ2n) is 4.11. The first-order chi connectivity index (χ1) is 9.17. The zero-order valence-electron chi connectivity index (χ0n) is 11.3. The summed E-state index contributed by atoms with van der Waals surface area (Å²) in [6.45, 7) is 4.62. The Bertz CT molecular complexity index is 420. The van der Waals surface area contributed by atoms with Crippen molar-refractivity contribution in [1.82, 2.24) is 9.97 Å². The summed E-state index contributed by atoms with van der Waals surface area (Å²) in [5, 5.41) is 20.8. The molecule has 1 aromatic rings. The molecule has 0 radical (unpaired) electrons. The van der Waals surface area contributed by atoms with Crippen molar-refractivity contribution in [2.45, 2.75) is 32.7 Å². The van der Waals surface area contributed by atoms with E-state index in [1.807, 2.05) is 4.90 Å². The molecular weight excluding hydrogens is 246 g/mol. The maximum atomic E-state index is 9.18. The standard InChI is InChI=1S/C12H21N5O2/c1-3-9(4-2)17(7-8-18)12-14-6-5-10(15-12)11(13)16-19/h5-6,9,18-19H,3-4,7-8H2,1-2H3,(H2,13,16). The first-order valence-corrected chi connectivity index (χ1v) is 6.36. The maximum absolute atomic E-state index is 9.18. The summed E-state index contributed by atoms with van der Waals surface area (Å²) in [6, 6.07) is 1.82. The highest BCUT2D eigenvalue weighted by atomic mass is 16.4. The van der Waals surface area contributed by atoms with Crippen LogP contribution in [0.5, 0.6) is 0 Å². The zero-order chi connectivity index (χ0) is 14.3. The van der Waals surface area contributed by atoms with Crippen LogP contribution < -0.4 is 10.6 Å². The van der Waals surface area contributed by atoms with E-state index in [1.165, 1.54) is 0 Å². The van der Waals surface area contributed by atoms with Crippen LogP contribution in [0.25, 0.3) is 0 Å². The third kappa shape index (κ3) is 3.78. The van der Waals surface area contributed by atoms with Crippen LogP contribution in [0.1, 0.15) is 32.4 Å². The highest BCUT2D eigenvalue weighted by Crippen LogP contribution is 2.15. The molecule has 0 saturated carbocycles. The Hall–Kier alpha value is -1.89. The minimum Gasteiger partial charge on any atom is -0.409 e. The molecule has 106 valence electrons. The van der Waals surface area contributed by atoms with E-state index in [-0.39, 0.29) is 18.5 Å². The lowest BCUT2D eigenvalue weighted by Crippen LogP contribution is -2.38. The summed E-state index contributed by atoms with van der Waals surface area (Å²) >= 11 is 0. The molecule has 0 fully saturated rings. The van der Waals surface area contributed by atoms with E-state index < -0.39 is 0 Å². The summed E-state index contributed by atoms with van der Waals surface area (Å²) in [4.78, 5) is 10.4. The van der Waals surface area contributed by atoms with Crippen molar-refractivity contribution in [3.8, 4) is 0 Å². The highest BCUT2D eigenvalue weighted by Gasteiger charge is 2.18. The molecule has 0 spiro atoms. The smallest absolute Gasteiger partial charge is 0.226 e. The SMILES string of the molecule is CCC(CC)N(CCO)c1nccc(/C(N)=N/O)n1. The van der Waals surface area contributed by atoms with Gasteiger partial charge in [0.2, 0.25) is 5.95 Å². The lowest BCUT2D eigenvalue weighted by Gasteiger charge is -2.30. The van der Waals surface area contributed by atoms with Crippen molar-refractivity contribution in [1.29, 1.82) is 0 Å². The second-order valence-corrected chi connectivity index (χ2v) is 4.11. The van der Waals surface area contributed by atoms with Gasteiger partial charge in [-0.3, -0.25) is 0 Å². The molecule has 0 aliphatic carbocycles. The molecule has 0 aromatic carbocycles. The molecule has 7 nitrogen and oxygen atoms in total. The average molecular weight is 267 g/mol. The predicted octanol–water partition coefficient (Wildman–Crippen LogP) is 0.558. The molecule has 0 saturated heterocycles. The Morgan fingerprint density at radius 3 is 2.68 bits per heavy atom. The summed E-state index contributed by atoms with van der Waals surface area (Å²) in [5.41, 5.74) is 5.88. The van der Waals surface area contributed by atoms with Crippen molar-refractivity contribution >= 4 is 11.8 Å². The van der Waals surface area contributed by atoms with Crippen molar-refractivity contribution in [2.75, 3.05) is 18.1 Å². The number of oxime groups is 1. The number of rotatable bonds is 7. The van der Waals surface area contributed by atoms with Gasteiger partial charge in [0, 0.05) is 18.8 Å². The number of nitrogens with zero attached hydrogens (tertiary/aromatic N) is 4. The van der Waals surface area contributed by atoms with Crippen LogP contribution in [0.2, 0.25) is 0 Å². The Labute approximate surface area is 112 Å². The fourth-order valence-corrected chi connectivity index (χ4v) is 1.96. The van der Waals surface area contributed by atoms with E-state index in [0.29, 0.717) is 18.2 Å². The van der Waals surface area contributed by atoms with Crippen LogP contribution in [-0.2, 0) is 0 Å². The van der Waals surface area contributed by atoms with E-state index in [4.69, 9.17) is 10.9 Å². The molecule has 1 heterocycles. The summed E-state index contributed by atoms with van der Waals surface area (Å²) in [7, 11) is 0. The third-order valence-electron chi connectivity index (χ3n) is 2.99. The first kappa shape index (κ1) is 15.2. The Morgan fingerprint density at radius 2 is 2.16 bits per heavy atom. The van der Waals surface area contributed by atoms with Crippen LogP contribution in [0.4, 0.5) is 5.95 Å². The average Bonchev–Trinajstić information content (AvgIpc) is 2.46. The number of aromatic nitrogens is 2. The third-order valence-corrected chi connectivity index (χ3v) is 2.99. The summed E-state index contributed by atoms with van der Waals surface area (Å²) < 4.78 is 0. The Balaban J connectivity index is 3.08. The first-order valence-electron chi connectivity index (χ1n) is 6.36. The van der Waals surface area contributed by atoms with Gasteiger partial charge in [-0.1, -0.05) is 19.0 Å². The number of aliphatic hydroxyl groups is 1. The fourth-order valence-electron chi connectivity index (χ4n) is 1.96. The molecule has 1 rings (SSSR count). The van der Waals surface area contributed by atoms with Crippen LogP contribution in [0.3, 0.4) is 0 Å². The molecule has 0 bridgehead atoms. The molecular formula is C12H21N5O2. The molecule has 0 atom stereocenters. The van der Waals surface area contributed by atoms with Gasteiger partial charge in [0.05, 0.1) is 6.61 Å². The quantitative estimate of drug-likeness (QED) is 0.288. The van der Waals surface area contributed by atoms with Gasteiger partial charge in [-0.25, -0.2) is 9.97 Å². The molecule has 7 heteroatoms. The second kappa shape index (κ2) is 7.52. The molecule has 4 N–H and O–H groups in total. The van der Waals surface area contributed by atoms with Crippen LogP contribution in [0.15, 0.2) is 17.4 Å². The molecule has 0 amide bonds. The van der Waals surface area contributed by atoms with Crippen molar-refractivity contribution in [3.05, 3.63) is 18.0 Å². The van der Waals surface area contributed by atoms with Crippen LogP contribution in [-0.4, -0.2) is 45.3 Å². The summed E-state index contributed by atoms with van der Waals surface area (Å²) in [6.07, 6.45) is 3.41. The van der Waals surface area contributed by atoms with Gasteiger partial charge in [0.15, 0.2) is 5.84 Å². The van der Waals surface area contributed by atoms with Crippen molar-refractivity contribution in [3.63, 3.8) is 0 Å². The van der Waals surface area contributed by atoms with Gasteiger partial charge in [0.25, 0.3) is 0 Å². The predicted molar refractivity (Wildman–Crippen MR) is 73.3 cm³/mol. The van der Waals surface area contributed by atoms with Crippen molar-refractivity contribution < 1.29 is 10.3 Å². The van der Waals surface area contributed by atoms with Gasteiger partial charge >= 0.3 is 0 Å². The molecule has 19 heavy (non-hydrogen) atoms. The van der Waals surface area contributed by atoms with E-state index in [2.05, 4.69) is 29.0 Å². The van der Waals surface area contributed by atoms with Crippen LogP contribution >= 0.6 is 0 Å². The van der Waals surface area contributed by atoms with Gasteiger partial charge < -0.3 is 20.9 Å². The van der Waals surface area contributed by atoms with Crippen LogP contribution in [0, 0.1) is 0 Å². The molecule has 0 aliphatic heterocycles. The molecule has 1 aromatic heterocycles. The van der Waals surface area contributed by atoms with Gasteiger partial charge in [-0.05, 0) is 18.9 Å². The van der Waals surface area contributed by atoms with E-state index in [9.17, 15) is 5.11 Å². The van der Waals surface area contributed by atoms with E-state index in [0.717, 1.165) is 12.8 Å². The summed E-state index contributed by atoms with van der Waals surface area (Å²) in [5.74, 6) is 0.420. The number of hydrogen-bond acceptors (Lipinski definition) is 6. The lowest BCUT2D eigenvalue weighted by molar-refractivity contribution is 0.295. The van der Waals surface area contributed by atoms with Gasteiger partial charge in [-0.2, -0.15) is 0 Å². The number of aliphatic hydroxyl groups excluding tert-OH is 1. The van der Waals surface area contributed by atoms with Crippen molar-refractivity contribution in [2.24, 2.45) is 10.9 Å². The number of hydrogen-bond donors (Lipinski definition) is 3.